The molecule has 1 aliphatic carbocycles. The van der Waals surface area contributed by atoms with Gasteiger partial charge in [0.2, 0.25) is 0 Å². The van der Waals surface area contributed by atoms with Gasteiger partial charge < -0.3 is 15.7 Å². The molecule has 2 atom stereocenters. The summed E-state index contributed by atoms with van der Waals surface area (Å²) in [5.74, 6) is -0.545. The summed E-state index contributed by atoms with van der Waals surface area (Å²) < 4.78 is 0. The van der Waals surface area contributed by atoms with Crippen LogP contribution in [0.3, 0.4) is 0 Å². The summed E-state index contributed by atoms with van der Waals surface area (Å²) in [6.45, 7) is 5.14. The third kappa shape index (κ3) is 7.73. The molecule has 0 saturated heterocycles. The smallest absolute Gasteiger partial charge is 0.315 e. The molecule has 0 radical (unpaired) electrons. The lowest BCUT2D eigenvalue weighted by Crippen LogP contribution is -2.41. The highest BCUT2D eigenvalue weighted by Crippen LogP contribution is 2.17. The average molecular weight is 296 g/mol. The number of nitrogens with one attached hydrogen (secondary N) is 2. The highest BCUT2D eigenvalue weighted by molar-refractivity contribution is 5.76. The first-order valence-electron chi connectivity index (χ1n) is 7.94. The monoisotopic (exact) mass is 296 g/mol. The van der Waals surface area contributed by atoms with Gasteiger partial charge >= 0.3 is 12.0 Å². The zero-order chi connectivity index (χ0) is 15.7. The normalized spacial score (nSPS) is 20.7. The van der Waals surface area contributed by atoms with E-state index in [9.17, 15) is 9.59 Å². The van der Waals surface area contributed by atoms with Crippen LogP contribution in [0.2, 0.25) is 0 Å². The van der Waals surface area contributed by atoms with Gasteiger partial charge in [-0.2, -0.15) is 0 Å². The molecular weight excluding hydrogens is 268 g/mol. The number of amides is 2. The first-order valence-corrected chi connectivity index (χ1v) is 7.94. The summed E-state index contributed by atoms with van der Waals surface area (Å²) >= 11 is 0. The van der Waals surface area contributed by atoms with Crippen LogP contribution in [-0.2, 0) is 4.79 Å². The topological polar surface area (TPSA) is 78.4 Å². The Balaban J connectivity index is 2.00. The number of carbonyl (C=O) groups excluding carboxylic acids is 1. The van der Waals surface area contributed by atoms with Crippen molar-refractivity contribution in [1.82, 2.24) is 10.6 Å². The zero-order valence-corrected chi connectivity index (χ0v) is 13.1. The van der Waals surface area contributed by atoms with E-state index in [4.69, 9.17) is 5.11 Å². The molecule has 120 valence electrons. The second-order valence-electron chi connectivity index (χ2n) is 6.17. The quantitative estimate of drug-likeness (QED) is 0.452. The molecule has 5 heteroatoms. The van der Waals surface area contributed by atoms with Gasteiger partial charge in [0.25, 0.3) is 0 Å². The number of carboxylic acids is 1. The van der Waals surface area contributed by atoms with Crippen LogP contribution in [0.25, 0.3) is 0 Å². The number of carbonyl (C=O) groups is 2. The first-order chi connectivity index (χ1) is 9.99. The fraction of sp³-hybridized carbons (Fsp3) is 0.750. The van der Waals surface area contributed by atoms with Crippen LogP contribution in [0.5, 0.6) is 0 Å². The highest BCUT2D eigenvalue weighted by atomic mass is 16.4. The van der Waals surface area contributed by atoms with Crippen LogP contribution >= 0.6 is 0 Å². The van der Waals surface area contributed by atoms with E-state index >= 15 is 0 Å². The van der Waals surface area contributed by atoms with Crippen molar-refractivity contribution in [3.05, 3.63) is 12.2 Å². The minimum Gasteiger partial charge on any atom is -0.481 e. The third-order valence-electron chi connectivity index (χ3n) is 3.71. The van der Waals surface area contributed by atoms with E-state index in [0.29, 0.717) is 13.0 Å². The summed E-state index contributed by atoms with van der Waals surface area (Å²) in [7, 11) is 0. The SMILES string of the molecule is CC(C)CCCCCCNC(=O)NC1C=CC(C(=O)O)C1. The Labute approximate surface area is 127 Å². The second-order valence-corrected chi connectivity index (χ2v) is 6.17. The van der Waals surface area contributed by atoms with E-state index < -0.39 is 11.9 Å². The number of urea groups is 1. The summed E-state index contributed by atoms with van der Waals surface area (Å²) in [6, 6.07) is -0.380. The molecule has 0 bridgehead atoms. The second kappa shape index (κ2) is 9.42. The molecule has 0 aliphatic heterocycles. The lowest BCUT2D eigenvalue weighted by molar-refractivity contribution is -0.140. The van der Waals surface area contributed by atoms with Crippen LogP contribution in [0.4, 0.5) is 4.79 Å². The van der Waals surface area contributed by atoms with Gasteiger partial charge in [0.1, 0.15) is 0 Å². The van der Waals surface area contributed by atoms with Gasteiger partial charge in [-0.1, -0.05) is 51.7 Å². The van der Waals surface area contributed by atoms with Crippen molar-refractivity contribution >= 4 is 12.0 Å². The van der Waals surface area contributed by atoms with Crippen molar-refractivity contribution in [1.29, 1.82) is 0 Å². The Bertz CT molecular complexity index is 367. The maximum absolute atomic E-state index is 11.7. The Morgan fingerprint density at radius 3 is 2.52 bits per heavy atom. The summed E-state index contributed by atoms with van der Waals surface area (Å²) in [5, 5.41) is 14.5. The van der Waals surface area contributed by atoms with E-state index in [1.165, 1.54) is 19.3 Å². The summed E-state index contributed by atoms with van der Waals surface area (Å²) in [5.41, 5.74) is 0. The van der Waals surface area contributed by atoms with Crippen LogP contribution in [0, 0.1) is 11.8 Å². The van der Waals surface area contributed by atoms with Crippen LogP contribution in [-0.4, -0.2) is 29.7 Å². The van der Waals surface area contributed by atoms with E-state index in [1.807, 2.05) is 0 Å². The molecule has 0 saturated carbocycles. The largest absolute Gasteiger partial charge is 0.481 e. The highest BCUT2D eigenvalue weighted by Gasteiger charge is 2.25. The number of carboxylic acid groups (broad SMARTS) is 1. The zero-order valence-electron chi connectivity index (χ0n) is 13.1. The van der Waals surface area contributed by atoms with Crippen LogP contribution in [0.1, 0.15) is 52.4 Å². The minimum absolute atomic E-state index is 0.169. The van der Waals surface area contributed by atoms with E-state index in [2.05, 4.69) is 24.5 Å². The molecule has 0 aromatic heterocycles. The van der Waals surface area contributed by atoms with Gasteiger partial charge in [-0.25, -0.2) is 4.79 Å². The van der Waals surface area contributed by atoms with Crippen LogP contribution < -0.4 is 10.6 Å². The lowest BCUT2D eigenvalue weighted by Gasteiger charge is -2.13. The number of aliphatic carboxylic acids is 1. The van der Waals surface area contributed by atoms with Gasteiger partial charge in [0.05, 0.1) is 12.0 Å². The number of hydrogen-bond donors (Lipinski definition) is 3. The van der Waals surface area contributed by atoms with E-state index in [0.717, 1.165) is 18.8 Å². The maximum Gasteiger partial charge on any atom is 0.315 e. The van der Waals surface area contributed by atoms with Crippen molar-refractivity contribution in [2.24, 2.45) is 11.8 Å². The van der Waals surface area contributed by atoms with E-state index in [-0.39, 0.29) is 12.1 Å². The average Bonchev–Trinajstić information content (AvgIpc) is 2.86. The molecule has 3 N–H and O–H groups in total. The molecule has 2 unspecified atom stereocenters. The van der Waals surface area contributed by atoms with Crippen LogP contribution in [0.15, 0.2) is 12.2 Å². The molecule has 21 heavy (non-hydrogen) atoms. The van der Waals surface area contributed by atoms with Crippen molar-refractivity contribution in [3.63, 3.8) is 0 Å². The van der Waals surface area contributed by atoms with Crippen molar-refractivity contribution in [3.8, 4) is 0 Å². The van der Waals surface area contributed by atoms with Gasteiger partial charge in [-0.3, -0.25) is 4.79 Å². The molecule has 5 nitrogen and oxygen atoms in total. The third-order valence-corrected chi connectivity index (χ3v) is 3.71. The van der Waals surface area contributed by atoms with Gasteiger partial charge in [0, 0.05) is 6.54 Å². The number of rotatable bonds is 9. The summed E-state index contributed by atoms with van der Waals surface area (Å²) in [6.07, 6.45) is 9.71. The van der Waals surface area contributed by atoms with Gasteiger partial charge in [-0.15, -0.1) is 0 Å². The van der Waals surface area contributed by atoms with Gasteiger partial charge in [-0.05, 0) is 18.8 Å². The Morgan fingerprint density at radius 1 is 1.19 bits per heavy atom. The lowest BCUT2D eigenvalue weighted by atomic mass is 10.0. The van der Waals surface area contributed by atoms with E-state index in [1.54, 1.807) is 12.2 Å². The fourth-order valence-electron chi connectivity index (χ4n) is 2.44. The molecule has 0 aromatic carbocycles. The maximum atomic E-state index is 11.7. The Morgan fingerprint density at radius 2 is 1.90 bits per heavy atom. The van der Waals surface area contributed by atoms with Crippen molar-refractivity contribution < 1.29 is 14.7 Å². The van der Waals surface area contributed by atoms with Crippen molar-refractivity contribution in [2.45, 2.75) is 58.4 Å². The summed E-state index contributed by atoms with van der Waals surface area (Å²) in [4.78, 5) is 22.4. The standard InChI is InChI=1S/C16H28N2O3/c1-12(2)7-5-3-4-6-10-17-16(21)18-14-9-8-13(11-14)15(19)20/h8-9,12-14H,3-7,10-11H2,1-2H3,(H,19,20)(H2,17,18,21). The fourth-order valence-corrected chi connectivity index (χ4v) is 2.44. The first kappa shape index (κ1) is 17.5. The minimum atomic E-state index is -0.836. The molecule has 1 rings (SSSR count). The number of hydrogen-bond acceptors (Lipinski definition) is 2. The number of unbranched alkanes of at least 4 members (excludes halogenated alkanes) is 3. The molecule has 1 aliphatic rings. The predicted octanol–water partition coefficient (Wildman–Crippen LogP) is 2.92. The predicted molar refractivity (Wildman–Crippen MR) is 83.1 cm³/mol. The molecule has 0 fully saturated rings. The molecule has 0 aromatic rings. The van der Waals surface area contributed by atoms with Crippen molar-refractivity contribution in [2.75, 3.05) is 6.54 Å². The Hall–Kier alpha value is -1.52. The molecule has 0 spiro atoms. The Kier molecular flexibility index (Phi) is 7.87. The molecule has 0 heterocycles. The molecule has 2 amide bonds. The molecular formula is C16H28N2O3. The van der Waals surface area contributed by atoms with Gasteiger partial charge in [0.15, 0.2) is 0 Å².